The van der Waals surface area contributed by atoms with Crippen LogP contribution in [-0.2, 0) is 6.54 Å². The zero-order valence-electron chi connectivity index (χ0n) is 11.6. The van der Waals surface area contributed by atoms with E-state index in [9.17, 15) is 13.2 Å². The molecule has 0 amide bonds. The van der Waals surface area contributed by atoms with Crippen molar-refractivity contribution < 1.29 is 17.9 Å². The summed E-state index contributed by atoms with van der Waals surface area (Å²) in [7, 11) is 0. The van der Waals surface area contributed by atoms with Gasteiger partial charge in [0.25, 0.3) is 0 Å². The molecule has 0 saturated carbocycles. The van der Waals surface area contributed by atoms with Gasteiger partial charge in [0.15, 0.2) is 11.6 Å². The Hall–Kier alpha value is -2.01. The maximum Gasteiger partial charge on any atom is 0.168 e. The van der Waals surface area contributed by atoms with Crippen molar-refractivity contribution in [2.75, 3.05) is 6.54 Å². The summed E-state index contributed by atoms with van der Waals surface area (Å²) >= 11 is 0. The lowest BCUT2D eigenvalue weighted by molar-refractivity contribution is 0.433. The van der Waals surface area contributed by atoms with Gasteiger partial charge in [-0.2, -0.15) is 0 Å². The van der Waals surface area contributed by atoms with Crippen LogP contribution in [0.5, 0.6) is 11.5 Å². The van der Waals surface area contributed by atoms with Gasteiger partial charge in [0.1, 0.15) is 17.4 Å². The van der Waals surface area contributed by atoms with Gasteiger partial charge in [0, 0.05) is 18.7 Å². The van der Waals surface area contributed by atoms with Crippen LogP contribution in [0.25, 0.3) is 0 Å². The lowest BCUT2D eigenvalue weighted by Crippen LogP contribution is -2.13. The molecular formula is C16H16F3NO. The van der Waals surface area contributed by atoms with Crippen molar-refractivity contribution in [2.45, 2.75) is 19.9 Å². The average molecular weight is 295 g/mol. The molecule has 0 radical (unpaired) electrons. The number of nitrogens with one attached hydrogen (secondary N) is 1. The third-order valence-corrected chi connectivity index (χ3v) is 2.81. The van der Waals surface area contributed by atoms with Crippen LogP contribution in [0.15, 0.2) is 36.4 Å². The first-order valence-electron chi connectivity index (χ1n) is 6.71. The maximum atomic E-state index is 13.5. The monoisotopic (exact) mass is 295 g/mol. The summed E-state index contributed by atoms with van der Waals surface area (Å²) < 4.78 is 45.2. The van der Waals surface area contributed by atoms with Crippen molar-refractivity contribution in [3.05, 3.63) is 59.4 Å². The van der Waals surface area contributed by atoms with E-state index in [1.54, 1.807) is 6.07 Å². The first kappa shape index (κ1) is 15.4. The molecule has 0 aromatic heterocycles. The Morgan fingerprint density at radius 1 is 1.00 bits per heavy atom. The number of rotatable bonds is 6. The molecule has 2 nitrogen and oxygen atoms in total. The van der Waals surface area contributed by atoms with Crippen LogP contribution in [-0.4, -0.2) is 6.54 Å². The lowest BCUT2D eigenvalue weighted by atomic mass is 10.2. The van der Waals surface area contributed by atoms with E-state index < -0.39 is 17.5 Å². The third-order valence-electron chi connectivity index (χ3n) is 2.81. The Bertz CT molecular complexity index is 616. The summed E-state index contributed by atoms with van der Waals surface area (Å²) in [6.07, 6.45) is 0.972. The summed E-state index contributed by atoms with van der Waals surface area (Å²) in [5.41, 5.74) is 0.695. The van der Waals surface area contributed by atoms with Gasteiger partial charge >= 0.3 is 0 Å². The van der Waals surface area contributed by atoms with E-state index in [2.05, 4.69) is 5.32 Å². The molecule has 112 valence electrons. The fraction of sp³-hybridized carbons (Fsp3) is 0.250. The molecule has 0 unspecified atom stereocenters. The van der Waals surface area contributed by atoms with Gasteiger partial charge < -0.3 is 10.1 Å². The van der Waals surface area contributed by atoms with Crippen LogP contribution >= 0.6 is 0 Å². The number of hydrogen-bond donors (Lipinski definition) is 1. The molecule has 21 heavy (non-hydrogen) atoms. The van der Waals surface area contributed by atoms with E-state index in [0.29, 0.717) is 12.1 Å². The van der Waals surface area contributed by atoms with Crippen molar-refractivity contribution in [3.8, 4) is 11.5 Å². The molecule has 2 aromatic rings. The average Bonchev–Trinajstić information content (AvgIpc) is 2.42. The highest BCUT2D eigenvalue weighted by molar-refractivity contribution is 5.35. The number of halogens is 3. The minimum atomic E-state index is -0.829. The van der Waals surface area contributed by atoms with Gasteiger partial charge in [-0.25, -0.2) is 13.2 Å². The van der Waals surface area contributed by atoms with E-state index in [4.69, 9.17) is 4.74 Å². The number of hydrogen-bond acceptors (Lipinski definition) is 2. The van der Waals surface area contributed by atoms with Crippen molar-refractivity contribution >= 4 is 0 Å². The van der Waals surface area contributed by atoms with Gasteiger partial charge in [-0.05, 0) is 42.8 Å². The Balaban J connectivity index is 2.15. The Morgan fingerprint density at radius 3 is 2.52 bits per heavy atom. The first-order chi connectivity index (χ1) is 10.1. The van der Waals surface area contributed by atoms with E-state index in [1.807, 2.05) is 6.92 Å². The Labute approximate surface area is 121 Å². The highest BCUT2D eigenvalue weighted by Gasteiger charge is 2.08. The molecule has 2 aromatic carbocycles. The third kappa shape index (κ3) is 4.49. The Kier molecular flexibility index (Phi) is 5.22. The van der Waals surface area contributed by atoms with Crippen LogP contribution in [0, 0.1) is 17.5 Å². The topological polar surface area (TPSA) is 21.3 Å². The van der Waals surface area contributed by atoms with Crippen LogP contribution in [0.1, 0.15) is 18.9 Å². The molecule has 1 N–H and O–H groups in total. The highest BCUT2D eigenvalue weighted by Crippen LogP contribution is 2.26. The predicted octanol–water partition coefficient (Wildman–Crippen LogP) is 4.40. The minimum absolute atomic E-state index is 0.144. The molecule has 0 spiro atoms. The summed E-state index contributed by atoms with van der Waals surface area (Å²) in [5.74, 6) is -1.96. The molecule has 2 rings (SSSR count). The fourth-order valence-corrected chi connectivity index (χ4v) is 1.88. The van der Waals surface area contributed by atoms with Crippen molar-refractivity contribution in [1.29, 1.82) is 0 Å². The van der Waals surface area contributed by atoms with Gasteiger partial charge in [-0.15, -0.1) is 0 Å². The second-order valence-corrected chi connectivity index (χ2v) is 4.65. The van der Waals surface area contributed by atoms with E-state index in [0.717, 1.165) is 31.2 Å². The SMILES string of the molecule is CCCNCc1cc(F)cc(Oc2ccc(F)cc2F)c1. The second kappa shape index (κ2) is 7.13. The van der Waals surface area contributed by atoms with Crippen molar-refractivity contribution in [3.63, 3.8) is 0 Å². The predicted molar refractivity (Wildman–Crippen MR) is 74.8 cm³/mol. The smallest absolute Gasteiger partial charge is 0.168 e. The first-order valence-corrected chi connectivity index (χ1v) is 6.71. The summed E-state index contributed by atoms with van der Waals surface area (Å²) in [6, 6.07) is 7.14. The molecule has 0 fully saturated rings. The highest BCUT2D eigenvalue weighted by atomic mass is 19.1. The minimum Gasteiger partial charge on any atom is -0.454 e. The molecule has 0 bridgehead atoms. The fourth-order valence-electron chi connectivity index (χ4n) is 1.88. The summed E-state index contributed by atoms with van der Waals surface area (Å²) in [5, 5.41) is 3.14. The molecule has 0 atom stereocenters. The molecule has 0 heterocycles. The molecule has 0 saturated heterocycles. The molecule has 5 heteroatoms. The summed E-state index contributed by atoms with van der Waals surface area (Å²) in [4.78, 5) is 0. The van der Waals surface area contributed by atoms with Gasteiger partial charge in [0.05, 0.1) is 0 Å². The maximum absolute atomic E-state index is 13.5. The largest absolute Gasteiger partial charge is 0.454 e. The zero-order valence-corrected chi connectivity index (χ0v) is 11.6. The van der Waals surface area contributed by atoms with Crippen LogP contribution in [0.4, 0.5) is 13.2 Å². The standard InChI is InChI=1S/C16H16F3NO/c1-2-5-20-10-11-6-13(18)8-14(7-11)21-16-4-3-12(17)9-15(16)19/h3-4,6-9,20H,2,5,10H2,1H3. The van der Waals surface area contributed by atoms with Gasteiger partial charge in [0.2, 0.25) is 0 Å². The molecular weight excluding hydrogens is 279 g/mol. The van der Waals surface area contributed by atoms with Crippen molar-refractivity contribution in [2.24, 2.45) is 0 Å². The molecule has 0 aliphatic rings. The van der Waals surface area contributed by atoms with E-state index in [1.165, 1.54) is 12.1 Å². The number of benzene rings is 2. The Morgan fingerprint density at radius 2 is 1.81 bits per heavy atom. The normalized spacial score (nSPS) is 10.7. The van der Waals surface area contributed by atoms with Crippen molar-refractivity contribution in [1.82, 2.24) is 5.32 Å². The second-order valence-electron chi connectivity index (χ2n) is 4.65. The molecule has 0 aliphatic heterocycles. The van der Waals surface area contributed by atoms with Crippen LogP contribution in [0.2, 0.25) is 0 Å². The van der Waals surface area contributed by atoms with Crippen LogP contribution < -0.4 is 10.1 Å². The summed E-state index contributed by atoms with van der Waals surface area (Å²) in [6.45, 7) is 3.34. The van der Waals surface area contributed by atoms with Gasteiger partial charge in [-0.1, -0.05) is 6.92 Å². The lowest BCUT2D eigenvalue weighted by Gasteiger charge is -2.10. The molecule has 0 aliphatic carbocycles. The van der Waals surface area contributed by atoms with Gasteiger partial charge in [-0.3, -0.25) is 0 Å². The van der Waals surface area contributed by atoms with E-state index >= 15 is 0 Å². The van der Waals surface area contributed by atoms with E-state index in [-0.39, 0.29) is 11.5 Å². The number of ether oxygens (including phenoxy) is 1. The zero-order chi connectivity index (χ0) is 15.2. The quantitative estimate of drug-likeness (QED) is 0.798. The van der Waals surface area contributed by atoms with Crippen LogP contribution in [0.3, 0.4) is 0 Å².